The summed E-state index contributed by atoms with van der Waals surface area (Å²) in [7, 11) is 0. The van der Waals surface area contributed by atoms with Crippen molar-refractivity contribution in [2.45, 2.75) is 13.0 Å². The van der Waals surface area contributed by atoms with E-state index in [1.807, 2.05) is 0 Å². The van der Waals surface area contributed by atoms with Crippen molar-refractivity contribution in [3.63, 3.8) is 0 Å². The van der Waals surface area contributed by atoms with Crippen molar-refractivity contribution in [3.8, 4) is 11.3 Å². The minimum absolute atomic E-state index is 0.835. The molecule has 3 heterocycles. The van der Waals surface area contributed by atoms with E-state index < -0.39 is 0 Å². The first kappa shape index (κ1) is 25.1. The topological polar surface area (TPSA) is 61.9 Å². The van der Waals surface area contributed by atoms with Gasteiger partial charge in [0, 0.05) is 62.5 Å². The number of nitrogens with zero attached hydrogens (tertiary/aromatic N) is 3. The smallest absolute Gasteiger partial charge is 0.0730 e. The van der Waals surface area contributed by atoms with E-state index in [1.54, 1.807) is 0 Å². The number of rotatable bonds is 11. The second-order valence-electron chi connectivity index (χ2n) is 9.64. The SMILES string of the molecule is c1cc(CNCCCN2CCOCC2)cc(-c2cc(NCCN3CCOCC3)c3ccccc3n2)c1. The number of anilines is 1. The number of nitrogens with one attached hydrogen (secondary N) is 2. The van der Waals surface area contributed by atoms with Crippen LogP contribution in [0.3, 0.4) is 0 Å². The summed E-state index contributed by atoms with van der Waals surface area (Å²) in [6, 6.07) is 19.4. The molecule has 3 aromatic rings. The molecule has 0 bridgehead atoms. The molecule has 2 N–H and O–H groups in total. The number of hydrogen-bond donors (Lipinski definition) is 2. The molecule has 0 spiro atoms. The van der Waals surface area contributed by atoms with Crippen LogP contribution in [0.5, 0.6) is 0 Å². The van der Waals surface area contributed by atoms with Crippen molar-refractivity contribution in [2.75, 3.05) is 84.1 Å². The normalized spacial score (nSPS) is 17.4. The third kappa shape index (κ3) is 7.02. The quantitative estimate of drug-likeness (QED) is 0.400. The van der Waals surface area contributed by atoms with Gasteiger partial charge in [-0.15, -0.1) is 0 Å². The Balaban J connectivity index is 1.20. The maximum Gasteiger partial charge on any atom is 0.0730 e. The fourth-order valence-electron chi connectivity index (χ4n) is 4.97. The maximum atomic E-state index is 5.48. The van der Waals surface area contributed by atoms with Crippen LogP contribution in [0.15, 0.2) is 54.6 Å². The summed E-state index contributed by atoms with van der Waals surface area (Å²) in [4.78, 5) is 9.95. The third-order valence-corrected chi connectivity index (χ3v) is 7.05. The highest BCUT2D eigenvalue weighted by Crippen LogP contribution is 2.28. The average molecular weight is 490 g/mol. The molecule has 0 aliphatic carbocycles. The van der Waals surface area contributed by atoms with Crippen LogP contribution in [0.25, 0.3) is 22.2 Å². The number of aromatic nitrogens is 1. The highest BCUT2D eigenvalue weighted by atomic mass is 16.5. The summed E-state index contributed by atoms with van der Waals surface area (Å²) in [5, 5.41) is 8.47. The van der Waals surface area contributed by atoms with Gasteiger partial charge in [0.2, 0.25) is 0 Å². The number of ether oxygens (including phenoxy) is 2. The zero-order chi connectivity index (χ0) is 24.4. The number of benzene rings is 2. The number of morpholine rings is 2. The van der Waals surface area contributed by atoms with E-state index in [2.05, 4.69) is 75.0 Å². The van der Waals surface area contributed by atoms with E-state index >= 15 is 0 Å². The lowest BCUT2D eigenvalue weighted by Gasteiger charge is -2.26. The van der Waals surface area contributed by atoms with Crippen molar-refractivity contribution in [2.24, 2.45) is 0 Å². The first-order chi connectivity index (χ1) is 17.8. The van der Waals surface area contributed by atoms with Gasteiger partial charge in [-0.3, -0.25) is 9.80 Å². The molecule has 0 unspecified atom stereocenters. The zero-order valence-corrected chi connectivity index (χ0v) is 21.3. The van der Waals surface area contributed by atoms with Gasteiger partial charge in [-0.25, -0.2) is 4.98 Å². The molecule has 0 saturated carbocycles. The summed E-state index contributed by atoms with van der Waals surface area (Å²) in [5.41, 5.74) is 5.63. The van der Waals surface area contributed by atoms with Crippen LogP contribution in [0.2, 0.25) is 0 Å². The fraction of sp³-hybridized carbons (Fsp3) is 0.483. The molecule has 5 rings (SSSR count). The molecule has 0 atom stereocenters. The summed E-state index contributed by atoms with van der Waals surface area (Å²) in [5.74, 6) is 0. The molecule has 0 radical (unpaired) electrons. The maximum absolute atomic E-state index is 5.48. The Kier molecular flexibility index (Phi) is 9.16. The molecule has 2 aromatic carbocycles. The predicted octanol–water partition coefficient (Wildman–Crippen LogP) is 3.46. The molecule has 2 fully saturated rings. The molecule has 2 aliphatic rings. The second-order valence-corrected chi connectivity index (χ2v) is 9.64. The van der Waals surface area contributed by atoms with Crippen LogP contribution in [-0.2, 0) is 16.0 Å². The molecule has 0 amide bonds. The van der Waals surface area contributed by atoms with Gasteiger partial charge in [-0.05, 0) is 43.3 Å². The largest absolute Gasteiger partial charge is 0.383 e. The lowest BCUT2D eigenvalue weighted by atomic mass is 10.0. The van der Waals surface area contributed by atoms with E-state index in [0.717, 1.165) is 114 Å². The van der Waals surface area contributed by atoms with Crippen molar-refractivity contribution in [1.82, 2.24) is 20.1 Å². The van der Waals surface area contributed by atoms with Gasteiger partial charge >= 0.3 is 0 Å². The lowest BCUT2D eigenvalue weighted by molar-refractivity contribution is 0.0374. The molecule has 7 nitrogen and oxygen atoms in total. The zero-order valence-electron chi connectivity index (χ0n) is 21.3. The Labute approximate surface area is 214 Å². The third-order valence-electron chi connectivity index (χ3n) is 7.05. The molecular formula is C29H39N5O2. The van der Waals surface area contributed by atoms with Gasteiger partial charge in [0.05, 0.1) is 37.6 Å². The number of hydrogen-bond acceptors (Lipinski definition) is 7. The summed E-state index contributed by atoms with van der Waals surface area (Å²) >= 11 is 0. The average Bonchev–Trinajstić information content (AvgIpc) is 2.94. The molecule has 2 saturated heterocycles. The Morgan fingerprint density at radius 3 is 2.33 bits per heavy atom. The van der Waals surface area contributed by atoms with Gasteiger partial charge in [0.1, 0.15) is 0 Å². The standard InChI is InChI=1S/C29H39N5O2/c1-2-8-27-26(7-1)29(31-10-12-34-15-19-36-20-16-34)22-28(32-27)25-6-3-5-24(21-25)23-30-9-4-11-33-13-17-35-18-14-33/h1-3,5-8,21-22,30H,4,9-20,23H2,(H,31,32). The van der Waals surface area contributed by atoms with Crippen LogP contribution < -0.4 is 10.6 Å². The van der Waals surface area contributed by atoms with E-state index in [4.69, 9.17) is 14.5 Å². The molecule has 192 valence electrons. The Morgan fingerprint density at radius 2 is 1.53 bits per heavy atom. The van der Waals surface area contributed by atoms with E-state index in [9.17, 15) is 0 Å². The first-order valence-electron chi connectivity index (χ1n) is 13.4. The van der Waals surface area contributed by atoms with Crippen LogP contribution in [0, 0.1) is 0 Å². The Bertz CT molecular complexity index is 1100. The summed E-state index contributed by atoms with van der Waals surface area (Å²) in [6.07, 6.45) is 1.16. The van der Waals surface area contributed by atoms with Gasteiger partial charge in [-0.2, -0.15) is 0 Å². The van der Waals surface area contributed by atoms with Crippen LogP contribution in [0.4, 0.5) is 5.69 Å². The minimum atomic E-state index is 0.835. The number of pyridine rings is 1. The molecule has 1 aromatic heterocycles. The number of fused-ring (bicyclic) bond motifs is 1. The predicted molar refractivity (Wildman–Crippen MR) is 147 cm³/mol. The lowest BCUT2D eigenvalue weighted by Crippen LogP contribution is -2.39. The summed E-state index contributed by atoms with van der Waals surface area (Å²) in [6.45, 7) is 12.5. The fourth-order valence-corrected chi connectivity index (χ4v) is 4.97. The number of para-hydroxylation sites is 1. The van der Waals surface area contributed by atoms with Gasteiger partial charge < -0.3 is 20.1 Å². The van der Waals surface area contributed by atoms with Crippen LogP contribution >= 0.6 is 0 Å². The highest BCUT2D eigenvalue weighted by Gasteiger charge is 2.12. The first-order valence-corrected chi connectivity index (χ1v) is 13.4. The molecule has 36 heavy (non-hydrogen) atoms. The molecule has 7 heteroatoms. The molecule has 2 aliphatic heterocycles. The highest BCUT2D eigenvalue weighted by molar-refractivity contribution is 5.93. The van der Waals surface area contributed by atoms with Gasteiger partial charge in [-0.1, -0.05) is 36.4 Å². The van der Waals surface area contributed by atoms with Crippen molar-refractivity contribution in [1.29, 1.82) is 0 Å². The Hall–Kier alpha value is -2.55. The van der Waals surface area contributed by atoms with Gasteiger partial charge in [0.15, 0.2) is 0 Å². The summed E-state index contributed by atoms with van der Waals surface area (Å²) < 4.78 is 10.9. The van der Waals surface area contributed by atoms with Crippen molar-refractivity contribution >= 4 is 16.6 Å². The van der Waals surface area contributed by atoms with E-state index in [0.29, 0.717) is 0 Å². The monoisotopic (exact) mass is 489 g/mol. The van der Waals surface area contributed by atoms with Crippen LogP contribution in [0.1, 0.15) is 12.0 Å². The molecular weight excluding hydrogens is 450 g/mol. The minimum Gasteiger partial charge on any atom is -0.383 e. The van der Waals surface area contributed by atoms with Crippen molar-refractivity contribution < 1.29 is 9.47 Å². The van der Waals surface area contributed by atoms with E-state index in [-0.39, 0.29) is 0 Å². The van der Waals surface area contributed by atoms with Gasteiger partial charge in [0.25, 0.3) is 0 Å². The second kappa shape index (κ2) is 13.1. The Morgan fingerprint density at radius 1 is 0.778 bits per heavy atom. The van der Waals surface area contributed by atoms with Crippen LogP contribution in [-0.4, -0.2) is 93.6 Å². The van der Waals surface area contributed by atoms with Crippen molar-refractivity contribution in [3.05, 3.63) is 60.2 Å². The van der Waals surface area contributed by atoms with E-state index in [1.165, 1.54) is 10.9 Å².